The number of oxazole rings is 1. The lowest BCUT2D eigenvalue weighted by molar-refractivity contribution is 0.378. The van der Waals surface area contributed by atoms with Gasteiger partial charge in [0, 0.05) is 6.54 Å². The number of nitrogens with zero attached hydrogens (tertiary/aromatic N) is 1. The van der Waals surface area contributed by atoms with E-state index in [2.05, 4.69) is 10.3 Å². The van der Waals surface area contributed by atoms with Gasteiger partial charge in [-0.25, -0.2) is 26.9 Å². The fraction of sp³-hybridized carbons (Fsp3) is 0.182. The van der Waals surface area contributed by atoms with Gasteiger partial charge in [0.25, 0.3) is 0 Å². The lowest BCUT2D eigenvalue weighted by atomic mass is 10.1. The minimum Gasteiger partial charge on any atom is -0.444 e. The average Bonchev–Trinajstić information content (AvgIpc) is 2.83. The van der Waals surface area contributed by atoms with E-state index < -0.39 is 40.5 Å². The van der Waals surface area contributed by atoms with Gasteiger partial charge in [0.15, 0.2) is 23.3 Å². The Morgan fingerprint density at radius 2 is 1.53 bits per heavy atom. The van der Waals surface area contributed by atoms with E-state index in [1.165, 1.54) is 0 Å². The van der Waals surface area contributed by atoms with Crippen LogP contribution >= 0.6 is 0 Å². The van der Waals surface area contributed by atoms with Crippen LogP contribution in [0.1, 0.15) is 5.69 Å². The molecule has 102 valence electrons. The highest BCUT2D eigenvalue weighted by Gasteiger charge is 2.29. The van der Waals surface area contributed by atoms with Crippen molar-refractivity contribution in [1.29, 1.82) is 0 Å². The summed E-state index contributed by atoms with van der Waals surface area (Å²) in [4.78, 5) is 3.64. The van der Waals surface area contributed by atoms with Crippen molar-refractivity contribution in [3.8, 4) is 11.5 Å². The first-order valence-corrected chi connectivity index (χ1v) is 5.08. The van der Waals surface area contributed by atoms with Crippen molar-refractivity contribution in [2.24, 2.45) is 0 Å². The zero-order valence-electron chi connectivity index (χ0n) is 9.53. The lowest BCUT2D eigenvalue weighted by Crippen LogP contribution is -2.06. The van der Waals surface area contributed by atoms with Crippen molar-refractivity contribution < 1.29 is 26.4 Å². The highest BCUT2D eigenvalue weighted by Crippen LogP contribution is 2.30. The van der Waals surface area contributed by atoms with Gasteiger partial charge in [-0.3, -0.25) is 0 Å². The maximum Gasteiger partial charge on any atom is 0.232 e. The van der Waals surface area contributed by atoms with Crippen molar-refractivity contribution >= 4 is 0 Å². The third-order valence-electron chi connectivity index (χ3n) is 2.33. The zero-order valence-corrected chi connectivity index (χ0v) is 9.53. The molecule has 0 saturated heterocycles. The monoisotopic (exact) mass is 278 g/mol. The summed E-state index contributed by atoms with van der Waals surface area (Å²) in [6.07, 6.45) is 1.06. The van der Waals surface area contributed by atoms with Crippen LogP contribution in [-0.4, -0.2) is 12.0 Å². The SMILES string of the molecule is CNCc1coc(-c2c(F)c(F)c(F)c(F)c2F)n1. The molecule has 0 atom stereocenters. The molecule has 0 aliphatic carbocycles. The van der Waals surface area contributed by atoms with Crippen LogP contribution in [0.15, 0.2) is 10.7 Å². The summed E-state index contributed by atoms with van der Waals surface area (Å²) in [5.41, 5.74) is -0.916. The fourth-order valence-corrected chi connectivity index (χ4v) is 1.48. The summed E-state index contributed by atoms with van der Waals surface area (Å²) in [6, 6.07) is 0. The van der Waals surface area contributed by atoms with Gasteiger partial charge >= 0.3 is 0 Å². The summed E-state index contributed by atoms with van der Waals surface area (Å²) in [5.74, 6) is -10.9. The van der Waals surface area contributed by atoms with E-state index in [0.717, 1.165) is 6.26 Å². The van der Waals surface area contributed by atoms with Gasteiger partial charge in [-0.05, 0) is 7.05 Å². The van der Waals surface area contributed by atoms with Gasteiger partial charge < -0.3 is 9.73 Å². The Bertz CT molecular complexity index is 597. The molecular formula is C11H7F5N2O. The summed E-state index contributed by atoms with van der Waals surface area (Å²) in [5, 5.41) is 2.69. The molecule has 0 spiro atoms. The number of nitrogens with one attached hydrogen (secondary N) is 1. The second-order valence-corrected chi connectivity index (χ2v) is 3.62. The quantitative estimate of drug-likeness (QED) is 0.533. The van der Waals surface area contributed by atoms with Crippen molar-refractivity contribution in [2.45, 2.75) is 6.54 Å². The Kier molecular flexibility index (Phi) is 3.52. The number of hydrogen-bond donors (Lipinski definition) is 1. The minimum atomic E-state index is -2.22. The molecule has 0 aliphatic heterocycles. The molecule has 3 nitrogen and oxygen atoms in total. The normalized spacial score (nSPS) is 11.1. The first kappa shape index (κ1) is 13.5. The molecule has 0 aliphatic rings. The molecule has 0 bridgehead atoms. The summed E-state index contributed by atoms with van der Waals surface area (Å²) < 4.78 is 70.5. The molecule has 2 aromatic rings. The Balaban J connectivity index is 2.61. The summed E-state index contributed by atoms with van der Waals surface area (Å²) in [7, 11) is 1.59. The van der Waals surface area contributed by atoms with E-state index in [4.69, 9.17) is 4.42 Å². The fourth-order valence-electron chi connectivity index (χ4n) is 1.48. The van der Waals surface area contributed by atoms with Crippen LogP contribution < -0.4 is 5.32 Å². The average molecular weight is 278 g/mol. The van der Waals surface area contributed by atoms with E-state index in [0.29, 0.717) is 0 Å². The van der Waals surface area contributed by atoms with Crippen LogP contribution in [-0.2, 0) is 6.54 Å². The molecule has 1 aromatic heterocycles. The van der Waals surface area contributed by atoms with Gasteiger partial charge in [0.05, 0.1) is 5.69 Å². The predicted molar refractivity (Wildman–Crippen MR) is 54.5 cm³/mol. The van der Waals surface area contributed by atoms with E-state index in [9.17, 15) is 22.0 Å². The van der Waals surface area contributed by atoms with Crippen molar-refractivity contribution in [1.82, 2.24) is 10.3 Å². The third kappa shape index (κ3) is 2.19. The molecule has 19 heavy (non-hydrogen) atoms. The van der Waals surface area contributed by atoms with Crippen LogP contribution in [0.5, 0.6) is 0 Å². The highest BCUT2D eigenvalue weighted by molar-refractivity contribution is 5.56. The second kappa shape index (κ2) is 4.96. The lowest BCUT2D eigenvalue weighted by Gasteiger charge is -2.04. The molecule has 0 radical (unpaired) electrons. The van der Waals surface area contributed by atoms with Crippen LogP contribution in [0, 0.1) is 29.1 Å². The van der Waals surface area contributed by atoms with Gasteiger partial charge in [-0.1, -0.05) is 0 Å². The molecule has 1 N–H and O–H groups in total. The van der Waals surface area contributed by atoms with Gasteiger partial charge in [-0.15, -0.1) is 0 Å². The predicted octanol–water partition coefficient (Wildman–Crippen LogP) is 2.76. The number of rotatable bonds is 3. The van der Waals surface area contributed by atoms with E-state index in [1.807, 2.05) is 0 Å². The van der Waals surface area contributed by atoms with Crippen molar-refractivity contribution in [3.05, 3.63) is 41.0 Å². The Morgan fingerprint density at radius 1 is 1.00 bits per heavy atom. The van der Waals surface area contributed by atoms with Crippen LogP contribution in [0.4, 0.5) is 22.0 Å². The maximum absolute atomic E-state index is 13.4. The molecule has 0 fully saturated rings. The largest absolute Gasteiger partial charge is 0.444 e. The molecule has 8 heteroatoms. The molecule has 2 rings (SSSR count). The van der Waals surface area contributed by atoms with E-state index in [1.54, 1.807) is 7.05 Å². The third-order valence-corrected chi connectivity index (χ3v) is 2.33. The molecule has 0 amide bonds. The summed E-state index contributed by atoms with van der Waals surface area (Å²) >= 11 is 0. The molecule has 1 aromatic carbocycles. The van der Waals surface area contributed by atoms with Crippen LogP contribution in [0.2, 0.25) is 0 Å². The van der Waals surface area contributed by atoms with Gasteiger partial charge in [0.1, 0.15) is 11.8 Å². The zero-order chi connectivity index (χ0) is 14.2. The van der Waals surface area contributed by atoms with Crippen LogP contribution in [0.25, 0.3) is 11.5 Å². The smallest absolute Gasteiger partial charge is 0.232 e. The topological polar surface area (TPSA) is 38.1 Å². The van der Waals surface area contributed by atoms with Gasteiger partial charge in [0.2, 0.25) is 11.7 Å². The minimum absolute atomic E-state index is 0.221. The van der Waals surface area contributed by atoms with Gasteiger partial charge in [-0.2, -0.15) is 0 Å². The Labute approximate surface area is 104 Å². The standard InChI is InChI=1S/C11H7F5N2O/c1-17-2-4-3-19-11(18-4)5-6(12)8(14)10(16)9(15)7(5)13/h3,17H,2H2,1H3. The van der Waals surface area contributed by atoms with E-state index in [-0.39, 0.29) is 12.2 Å². The van der Waals surface area contributed by atoms with Crippen molar-refractivity contribution in [2.75, 3.05) is 7.05 Å². The highest BCUT2D eigenvalue weighted by atomic mass is 19.2. The molecular weight excluding hydrogens is 271 g/mol. The summed E-state index contributed by atoms with van der Waals surface area (Å²) in [6.45, 7) is 0.221. The number of aromatic nitrogens is 1. The number of benzene rings is 1. The van der Waals surface area contributed by atoms with E-state index >= 15 is 0 Å². The second-order valence-electron chi connectivity index (χ2n) is 3.62. The van der Waals surface area contributed by atoms with Crippen molar-refractivity contribution in [3.63, 3.8) is 0 Å². The first-order chi connectivity index (χ1) is 8.97. The number of halogens is 5. The first-order valence-electron chi connectivity index (χ1n) is 5.08. The molecule has 0 saturated carbocycles. The maximum atomic E-state index is 13.4. The Hall–Kier alpha value is -1.96. The Morgan fingerprint density at radius 3 is 2.05 bits per heavy atom. The molecule has 0 unspecified atom stereocenters. The number of hydrogen-bond acceptors (Lipinski definition) is 3. The molecule has 1 heterocycles. The van der Waals surface area contributed by atoms with Crippen LogP contribution in [0.3, 0.4) is 0 Å².